The second-order valence-corrected chi connectivity index (χ2v) is 5.12. The molecular formula is C15H21N3O3. The zero-order valence-corrected chi connectivity index (χ0v) is 11.9. The number of carbonyl (C=O) groups excluding carboxylic acids is 1. The number of aliphatic carboxylic acids is 1. The lowest BCUT2D eigenvalue weighted by Gasteiger charge is -2.23. The lowest BCUT2D eigenvalue weighted by Crippen LogP contribution is -2.49. The molecule has 1 aliphatic heterocycles. The van der Waals surface area contributed by atoms with E-state index in [0.717, 1.165) is 25.1 Å². The van der Waals surface area contributed by atoms with Gasteiger partial charge in [-0.15, -0.1) is 0 Å². The molecule has 0 unspecified atom stereocenters. The summed E-state index contributed by atoms with van der Waals surface area (Å²) in [6.45, 7) is 2.88. The van der Waals surface area contributed by atoms with Crippen molar-refractivity contribution in [3.05, 3.63) is 35.9 Å². The van der Waals surface area contributed by atoms with Gasteiger partial charge < -0.3 is 20.6 Å². The van der Waals surface area contributed by atoms with E-state index in [2.05, 4.69) is 10.6 Å². The first-order valence-corrected chi connectivity index (χ1v) is 7.19. The predicted molar refractivity (Wildman–Crippen MR) is 79.2 cm³/mol. The molecule has 1 aliphatic rings. The monoisotopic (exact) mass is 291 g/mol. The Morgan fingerprint density at radius 3 is 2.71 bits per heavy atom. The Kier molecular flexibility index (Phi) is 5.57. The largest absolute Gasteiger partial charge is 0.480 e. The molecule has 2 amide bonds. The fourth-order valence-electron chi connectivity index (χ4n) is 2.34. The van der Waals surface area contributed by atoms with Gasteiger partial charge in [-0.2, -0.15) is 0 Å². The molecule has 114 valence electrons. The van der Waals surface area contributed by atoms with Crippen LogP contribution in [0.2, 0.25) is 0 Å². The average Bonchev–Trinajstić information content (AvgIpc) is 2.76. The Hall–Kier alpha value is -2.08. The number of carbonyl (C=O) groups is 2. The molecule has 1 saturated heterocycles. The SMILES string of the molecule is O=C(O)[C@@H](Cc1ccccc1)NC(=O)N1CCCNCC1. The summed E-state index contributed by atoms with van der Waals surface area (Å²) in [7, 11) is 0. The number of amides is 2. The van der Waals surface area contributed by atoms with Gasteiger partial charge in [0.2, 0.25) is 0 Å². The molecule has 0 bridgehead atoms. The number of nitrogens with one attached hydrogen (secondary N) is 2. The molecule has 2 rings (SSSR count). The van der Waals surface area contributed by atoms with Gasteiger partial charge in [-0.05, 0) is 18.5 Å². The molecule has 1 fully saturated rings. The van der Waals surface area contributed by atoms with E-state index in [-0.39, 0.29) is 12.5 Å². The van der Waals surface area contributed by atoms with Crippen molar-refractivity contribution in [2.24, 2.45) is 0 Å². The minimum Gasteiger partial charge on any atom is -0.480 e. The Morgan fingerprint density at radius 1 is 1.24 bits per heavy atom. The summed E-state index contributed by atoms with van der Waals surface area (Å²) >= 11 is 0. The van der Waals surface area contributed by atoms with Crippen LogP contribution in [0, 0.1) is 0 Å². The Labute approximate surface area is 124 Å². The number of hydrogen-bond acceptors (Lipinski definition) is 3. The van der Waals surface area contributed by atoms with Crippen LogP contribution >= 0.6 is 0 Å². The van der Waals surface area contributed by atoms with Gasteiger partial charge in [0.15, 0.2) is 0 Å². The summed E-state index contributed by atoms with van der Waals surface area (Å²) in [5, 5.41) is 15.1. The van der Waals surface area contributed by atoms with Crippen LogP contribution in [0.5, 0.6) is 0 Å². The molecule has 0 saturated carbocycles. The van der Waals surface area contributed by atoms with Crippen molar-refractivity contribution in [3.63, 3.8) is 0 Å². The first-order valence-electron chi connectivity index (χ1n) is 7.19. The highest BCUT2D eigenvalue weighted by Gasteiger charge is 2.23. The van der Waals surface area contributed by atoms with Gasteiger partial charge in [0.25, 0.3) is 0 Å². The van der Waals surface area contributed by atoms with E-state index in [1.165, 1.54) is 0 Å². The Balaban J connectivity index is 1.95. The summed E-state index contributed by atoms with van der Waals surface area (Å²) in [6.07, 6.45) is 1.16. The minimum atomic E-state index is -1.01. The van der Waals surface area contributed by atoms with Crippen molar-refractivity contribution in [2.45, 2.75) is 18.9 Å². The molecule has 0 aromatic heterocycles. The molecule has 0 aliphatic carbocycles. The first kappa shape index (κ1) is 15.3. The quantitative estimate of drug-likeness (QED) is 0.762. The van der Waals surface area contributed by atoms with Crippen molar-refractivity contribution in [1.29, 1.82) is 0 Å². The van der Waals surface area contributed by atoms with Crippen LogP contribution in [-0.2, 0) is 11.2 Å². The molecule has 6 heteroatoms. The van der Waals surface area contributed by atoms with Gasteiger partial charge in [-0.1, -0.05) is 30.3 Å². The highest BCUT2D eigenvalue weighted by Crippen LogP contribution is 2.05. The number of urea groups is 1. The highest BCUT2D eigenvalue weighted by molar-refractivity contribution is 5.82. The number of carboxylic acid groups (broad SMARTS) is 1. The van der Waals surface area contributed by atoms with Crippen LogP contribution < -0.4 is 10.6 Å². The molecular weight excluding hydrogens is 270 g/mol. The van der Waals surface area contributed by atoms with Crippen molar-refractivity contribution in [2.75, 3.05) is 26.2 Å². The molecule has 1 aromatic carbocycles. The Bertz CT molecular complexity index is 470. The fourth-order valence-corrected chi connectivity index (χ4v) is 2.34. The van der Waals surface area contributed by atoms with Crippen molar-refractivity contribution < 1.29 is 14.7 Å². The predicted octanol–water partition coefficient (Wildman–Crippen LogP) is 0.687. The molecule has 6 nitrogen and oxygen atoms in total. The maximum Gasteiger partial charge on any atom is 0.326 e. The topological polar surface area (TPSA) is 81.7 Å². The molecule has 1 atom stereocenters. The summed E-state index contributed by atoms with van der Waals surface area (Å²) in [5.41, 5.74) is 0.891. The van der Waals surface area contributed by atoms with Crippen LogP contribution in [-0.4, -0.2) is 54.2 Å². The van der Waals surface area contributed by atoms with E-state index in [9.17, 15) is 14.7 Å². The smallest absolute Gasteiger partial charge is 0.326 e. The van der Waals surface area contributed by atoms with Gasteiger partial charge in [0.05, 0.1) is 0 Å². The lowest BCUT2D eigenvalue weighted by atomic mass is 10.1. The molecule has 0 radical (unpaired) electrons. The Morgan fingerprint density at radius 2 is 2.00 bits per heavy atom. The van der Waals surface area contributed by atoms with Gasteiger partial charge in [0, 0.05) is 26.1 Å². The van der Waals surface area contributed by atoms with Crippen molar-refractivity contribution in [1.82, 2.24) is 15.5 Å². The van der Waals surface area contributed by atoms with Crippen LogP contribution in [0.15, 0.2) is 30.3 Å². The van der Waals surface area contributed by atoms with Gasteiger partial charge >= 0.3 is 12.0 Å². The van der Waals surface area contributed by atoms with Crippen LogP contribution in [0.1, 0.15) is 12.0 Å². The highest BCUT2D eigenvalue weighted by atomic mass is 16.4. The van der Waals surface area contributed by atoms with Crippen LogP contribution in [0.3, 0.4) is 0 Å². The third-order valence-corrected chi connectivity index (χ3v) is 3.51. The minimum absolute atomic E-state index is 0.286. The lowest BCUT2D eigenvalue weighted by molar-refractivity contribution is -0.139. The number of nitrogens with zero attached hydrogens (tertiary/aromatic N) is 1. The van der Waals surface area contributed by atoms with E-state index in [0.29, 0.717) is 13.1 Å². The summed E-state index contributed by atoms with van der Waals surface area (Å²) in [4.78, 5) is 25.2. The molecule has 1 aromatic rings. The standard InChI is InChI=1S/C15H21N3O3/c19-14(20)13(11-12-5-2-1-3-6-12)17-15(21)18-9-4-7-16-8-10-18/h1-3,5-6,13,16H,4,7-11H2,(H,17,21)(H,19,20)/t13-/m1/s1. The van der Waals surface area contributed by atoms with Crippen LogP contribution in [0.4, 0.5) is 4.79 Å². The maximum atomic E-state index is 12.2. The number of benzene rings is 1. The summed E-state index contributed by atoms with van der Waals surface area (Å²) in [6, 6.07) is 8.10. The second kappa shape index (κ2) is 7.64. The van der Waals surface area contributed by atoms with E-state index in [1.807, 2.05) is 30.3 Å². The van der Waals surface area contributed by atoms with E-state index in [1.54, 1.807) is 4.90 Å². The van der Waals surface area contributed by atoms with Crippen molar-refractivity contribution >= 4 is 12.0 Å². The van der Waals surface area contributed by atoms with E-state index in [4.69, 9.17) is 0 Å². The fraction of sp³-hybridized carbons (Fsp3) is 0.467. The number of carboxylic acids is 1. The molecule has 21 heavy (non-hydrogen) atoms. The average molecular weight is 291 g/mol. The molecule has 3 N–H and O–H groups in total. The normalized spacial score (nSPS) is 16.9. The van der Waals surface area contributed by atoms with Gasteiger partial charge in [-0.25, -0.2) is 9.59 Å². The molecule has 0 spiro atoms. The van der Waals surface area contributed by atoms with Gasteiger partial charge in [-0.3, -0.25) is 0 Å². The third-order valence-electron chi connectivity index (χ3n) is 3.51. The van der Waals surface area contributed by atoms with E-state index < -0.39 is 12.0 Å². The zero-order valence-electron chi connectivity index (χ0n) is 11.9. The molecule has 1 heterocycles. The summed E-state index contributed by atoms with van der Waals surface area (Å²) < 4.78 is 0. The van der Waals surface area contributed by atoms with Crippen LogP contribution in [0.25, 0.3) is 0 Å². The van der Waals surface area contributed by atoms with E-state index >= 15 is 0 Å². The van der Waals surface area contributed by atoms with Crippen molar-refractivity contribution in [3.8, 4) is 0 Å². The maximum absolute atomic E-state index is 12.2. The summed E-state index contributed by atoms with van der Waals surface area (Å²) in [5.74, 6) is -1.01. The second-order valence-electron chi connectivity index (χ2n) is 5.12. The van der Waals surface area contributed by atoms with Gasteiger partial charge in [0.1, 0.15) is 6.04 Å². The first-order chi connectivity index (χ1) is 10.2. The zero-order chi connectivity index (χ0) is 15.1. The number of rotatable bonds is 4. The number of hydrogen-bond donors (Lipinski definition) is 3. The third kappa shape index (κ3) is 4.75.